The van der Waals surface area contributed by atoms with Gasteiger partial charge in [-0.25, -0.2) is 4.79 Å². The fourth-order valence-electron chi connectivity index (χ4n) is 2.74. The highest BCUT2D eigenvalue weighted by atomic mass is 16.5. The van der Waals surface area contributed by atoms with Gasteiger partial charge in [0, 0.05) is 0 Å². The SMILES string of the molecule is COc1ccc(OC)c(C(=O)COC(=O)c2ccc(COc3ccccc3)cc2)c1. The highest BCUT2D eigenvalue weighted by molar-refractivity contribution is 6.01. The Bertz CT molecular complexity index is 996. The van der Waals surface area contributed by atoms with Crippen LogP contribution in [0.2, 0.25) is 0 Å². The van der Waals surface area contributed by atoms with Crippen LogP contribution in [0, 0.1) is 0 Å². The summed E-state index contributed by atoms with van der Waals surface area (Å²) < 4.78 is 21.2. The molecule has 154 valence electrons. The van der Waals surface area contributed by atoms with Crippen LogP contribution in [0.25, 0.3) is 0 Å². The lowest BCUT2D eigenvalue weighted by Gasteiger charge is -2.10. The highest BCUT2D eigenvalue weighted by Gasteiger charge is 2.16. The lowest BCUT2D eigenvalue weighted by molar-refractivity contribution is 0.0474. The van der Waals surface area contributed by atoms with E-state index in [4.69, 9.17) is 18.9 Å². The minimum Gasteiger partial charge on any atom is -0.497 e. The summed E-state index contributed by atoms with van der Waals surface area (Å²) in [4.78, 5) is 24.8. The molecule has 0 fully saturated rings. The highest BCUT2D eigenvalue weighted by Crippen LogP contribution is 2.24. The molecular formula is C24H22O6. The predicted molar refractivity (Wildman–Crippen MR) is 111 cm³/mol. The van der Waals surface area contributed by atoms with Gasteiger partial charge in [-0.3, -0.25) is 4.79 Å². The van der Waals surface area contributed by atoms with Crippen molar-refractivity contribution in [1.29, 1.82) is 0 Å². The van der Waals surface area contributed by atoms with Crippen LogP contribution in [0.1, 0.15) is 26.3 Å². The Morgan fingerprint density at radius 2 is 1.53 bits per heavy atom. The number of Topliss-reactive ketones (excluding diaryl/α,β-unsaturated/α-hetero) is 1. The number of ketones is 1. The minimum atomic E-state index is -0.583. The smallest absolute Gasteiger partial charge is 0.338 e. The number of carbonyl (C=O) groups is 2. The third-order valence-electron chi connectivity index (χ3n) is 4.38. The molecule has 0 unspecified atom stereocenters. The van der Waals surface area contributed by atoms with Crippen molar-refractivity contribution in [1.82, 2.24) is 0 Å². The van der Waals surface area contributed by atoms with Crippen molar-refractivity contribution in [3.8, 4) is 17.2 Å². The summed E-state index contributed by atoms with van der Waals surface area (Å²) in [5.41, 5.74) is 1.55. The molecule has 6 heteroatoms. The monoisotopic (exact) mass is 406 g/mol. The van der Waals surface area contributed by atoms with Crippen LogP contribution in [-0.2, 0) is 11.3 Å². The van der Waals surface area contributed by atoms with Gasteiger partial charge in [0.2, 0.25) is 5.78 Å². The molecular weight excluding hydrogens is 384 g/mol. The molecule has 0 saturated carbocycles. The molecule has 0 aliphatic carbocycles. The zero-order valence-electron chi connectivity index (χ0n) is 16.8. The van der Waals surface area contributed by atoms with E-state index in [1.165, 1.54) is 14.2 Å². The van der Waals surface area contributed by atoms with Crippen LogP contribution >= 0.6 is 0 Å². The number of ether oxygens (including phenoxy) is 4. The lowest BCUT2D eigenvalue weighted by Crippen LogP contribution is -2.15. The van der Waals surface area contributed by atoms with Gasteiger partial charge in [-0.2, -0.15) is 0 Å². The lowest BCUT2D eigenvalue weighted by atomic mass is 10.1. The first-order valence-corrected chi connectivity index (χ1v) is 9.30. The maximum Gasteiger partial charge on any atom is 0.338 e. The second-order valence-electron chi connectivity index (χ2n) is 6.36. The quantitative estimate of drug-likeness (QED) is 0.389. The fourth-order valence-corrected chi connectivity index (χ4v) is 2.74. The zero-order valence-corrected chi connectivity index (χ0v) is 16.8. The molecule has 3 rings (SSSR count). The summed E-state index contributed by atoms with van der Waals surface area (Å²) in [6.07, 6.45) is 0. The van der Waals surface area contributed by atoms with E-state index in [9.17, 15) is 9.59 Å². The molecule has 6 nitrogen and oxygen atoms in total. The van der Waals surface area contributed by atoms with E-state index in [0.29, 0.717) is 23.7 Å². The first-order chi connectivity index (χ1) is 14.6. The van der Waals surface area contributed by atoms with Crippen molar-refractivity contribution < 1.29 is 28.5 Å². The molecule has 0 bridgehead atoms. The Morgan fingerprint density at radius 1 is 0.800 bits per heavy atom. The molecule has 3 aromatic carbocycles. The standard InChI is InChI=1S/C24H22O6/c1-27-20-12-13-23(28-2)21(14-20)22(25)16-30-24(26)18-10-8-17(9-11-18)15-29-19-6-4-3-5-7-19/h3-14H,15-16H2,1-2H3. The molecule has 30 heavy (non-hydrogen) atoms. The van der Waals surface area contributed by atoms with Crippen LogP contribution in [0.15, 0.2) is 72.8 Å². The number of carbonyl (C=O) groups excluding carboxylic acids is 2. The van der Waals surface area contributed by atoms with E-state index in [0.717, 1.165) is 11.3 Å². The van der Waals surface area contributed by atoms with Crippen LogP contribution in [0.4, 0.5) is 0 Å². The normalized spacial score (nSPS) is 10.2. The van der Waals surface area contributed by atoms with Crippen LogP contribution in [0.3, 0.4) is 0 Å². The van der Waals surface area contributed by atoms with Crippen LogP contribution in [0.5, 0.6) is 17.2 Å². The van der Waals surface area contributed by atoms with Crippen molar-refractivity contribution in [2.45, 2.75) is 6.61 Å². The molecule has 0 amide bonds. The number of benzene rings is 3. The van der Waals surface area contributed by atoms with E-state index in [1.54, 1.807) is 42.5 Å². The van der Waals surface area contributed by atoms with E-state index in [1.807, 2.05) is 30.3 Å². The summed E-state index contributed by atoms with van der Waals surface area (Å²) >= 11 is 0. The Hall–Kier alpha value is -3.80. The predicted octanol–water partition coefficient (Wildman–Crippen LogP) is 4.32. The number of rotatable bonds is 9. The largest absolute Gasteiger partial charge is 0.497 e. The maximum absolute atomic E-state index is 12.5. The molecule has 0 saturated heterocycles. The van der Waals surface area contributed by atoms with Gasteiger partial charge in [-0.05, 0) is 48.0 Å². The second-order valence-corrected chi connectivity index (χ2v) is 6.36. The van der Waals surface area contributed by atoms with E-state index < -0.39 is 12.6 Å². The molecule has 0 aromatic heterocycles. The Balaban J connectivity index is 1.56. The molecule has 0 aliphatic heterocycles. The number of methoxy groups -OCH3 is 2. The molecule has 0 aliphatic rings. The third-order valence-corrected chi connectivity index (χ3v) is 4.38. The number of hydrogen-bond acceptors (Lipinski definition) is 6. The van der Waals surface area contributed by atoms with Crippen molar-refractivity contribution in [2.24, 2.45) is 0 Å². The number of hydrogen-bond donors (Lipinski definition) is 0. The van der Waals surface area contributed by atoms with Gasteiger partial charge in [-0.1, -0.05) is 30.3 Å². The Labute approximate surface area is 175 Å². The van der Waals surface area contributed by atoms with Crippen LogP contribution in [-0.4, -0.2) is 32.6 Å². The summed E-state index contributed by atoms with van der Waals surface area (Å²) in [6, 6.07) is 21.2. The van der Waals surface area contributed by atoms with E-state index in [2.05, 4.69) is 0 Å². The van der Waals surface area contributed by atoms with E-state index >= 15 is 0 Å². The second kappa shape index (κ2) is 10.1. The van der Waals surface area contributed by atoms with Gasteiger partial charge in [0.15, 0.2) is 6.61 Å². The maximum atomic E-state index is 12.5. The summed E-state index contributed by atoms with van der Waals surface area (Å²) in [5, 5.41) is 0. The molecule has 0 N–H and O–H groups in total. The topological polar surface area (TPSA) is 71.1 Å². The van der Waals surface area contributed by atoms with Gasteiger partial charge in [-0.15, -0.1) is 0 Å². The summed E-state index contributed by atoms with van der Waals surface area (Å²) in [6.45, 7) is -0.0192. The minimum absolute atomic E-state index is 0.290. The van der Waals surface area contributed by atoms with Gasteiger partial charge >= 0.3 is 5.97 Å². The molecule has 0 atom stereocenters. The third kappa shape index (κ3) is 5.38. The van der Waals surface area contributed by atoms with Gasteiger partial charge < -0.3 is 18.9 Å². The van der Waals surface area contributed by atoms with E-state index in [-0.39, 0.29) is 11.3 Å². The average molecular weight is 406 g/mol. The number of para-hydroxylation sites is 1. The first-order valence-electron chi connectivity index (χ1n) is 9.30. The Kier molecular flexibility index (Phi) is 7.05. The van der Waals surface area contributed by atoms with Crippen molar-refractivity contribution in [2.75, 3.05) is 20.8 Å². The van der Waals surface area contributed by atoms with Gasteiger partial charge in [0.05, 0.1) is 25.3 Å². The molecule has 0 radical (unpaired) electrons. The van der Waals surface area contributed by atoms with Crippen LogP contribution < -0.4 is 14.2 Å². The van der Waals surface area contributed by atoms with Crippen molar-refractivity contribution >= 4 is 11.8 Å². The number of esters is 1. The van der Waals surface area contributed by atoms with Gasteiger partial charge in [0.25, 0.3) is 0 Å². The Morgan fingerprint density at radius 3 is 2.20 bits per heavy atom. The first kappa shape index (κ1) is 20.9. The molecule has 0 heterocycles. The summed E-state index contributed by atoms with van der Waals surface area (Å²) in [5.74, 6) is 0.707. The average Bonchev–Trinajstić information content (AvgIpc) is 2.81. The zero-order chi connectivity index (χ0) is 21.3. The molecule has 0 spiro atoms. The van der Waals surface area contributed by atoms with Crippen molar-refractivity contribution in [3.05, 3.63) is 89.5 Å². The summed E-state index contributed by atoms with van der Waals surface area (Å²) in [7, 11) is 2.97. The fraction of sp³-hybridized carbons (Fsp3) is 0.167. The molecule has 3 aromatic rings. The van der Waals surface area contributed by atoms with Gasteiger partial charge in [0.1, 0.15) is 23.9 Å². The van der Waals surface area contributed by atoms with Crippen molar-refractivity contribution in [3.63, 3.8) is 0 Å².